The van der Waals surface area contributed by atoms with E-state index in [-0.39, 0.29) is 18.9 Å². The highest BCUT2D eigenvalue weighted by atomic mass is 35.5. The fourth-order valence-electron chi connectivity index (χ4n) is 4.60. The first-order valence-electron chi connectivity index (χ1n) is 10.7. The number of amidine groups is 1. The summed E-state index contributed by atoms with van der Waals surface area (Å²) in [5.74, 6) is 0.715. The highest BCUT2D eigenvalue weighted by molar-refractivity contribution is 7.94. The third-order valence-corrected chi connectivity index (χ3v) is 9.88. The van der Waals surface area contributed by atoms with Gasteiger partial charge in [0.05, 0.1) is 16.9 Å². The van der Waals surface area contributed by atoms with Crippen molar-refractivity contribution in [3.8, 4) is 5.75 Å². The fourth-order valence-corrected chi connectivity index (χ4v) is 6.98. The number of fused-ring (bicyclic) bond motifs is 4. The summed E-state index contributed by atoms with van der Waals surface area (Å²) in [6.45, 7) is 2.07. The van der Waals surface area contributed by atoms with E-state index in [1.807, 2.05) is 0 Å². The molecule has 0 spiro atoms. The molecular formula is C23H23ClFN5O3S. The van der Waals surface area contributed by atoms with Crippen molar-refractivity contribution in [1.29, 1.82) is 0 Å². The molecule has 0 unspecified atom stereocenters. The van der Waals surface area contributed by atoms with Crippen molar-refractivity contribution < 1.29 is 17.5 Å². The van der Waals surface area contributed by atoms with Crippen molar-refractivity contribution in [3.05, 3.63) is 53.3 Å². The number of nitrogens with zero attached hydrogens (tertiary/aromatic N) is 3. The molecule has 11 heteroatoms. The Kier molecular flexibility index (Phi) is 5.21. The molecule has 0 amide bonds. The Balaban J connectivity index is 1.66. The molecule has 3 aromatic rings. The van der Waals surface area contributed by atoms with Gasteiger partial charge >= 0.3 is 0 Å². The van der Waals surface area contributed by atoms with E-state index in [4.69, 9.17) is 22.1 Å². The quantitative estimate of drug-likeness (QED) is 0.556. The van der Waals surface area contributed by atoms with Gasteiger partial charge in [-0.3, -0.25) is 9.98 Å². The molecule has 3 N–H and O–H groups in total. The first kappa shape index (κ1) is 22.8. The number of sulfone groups is 1. The summed E-state index contributed by atoms with van der Waals surface area (Å²) >= 11 is 6.05. The van der Waals surface area contributed by atoms with Crippen LogP contribution in [-0.2, 0) is 15.4 Å². The standard InChI is InChI=1S/C23H23ClFN5O3S/c1-22(2)21(26)30-23(12-25)16-10-15(3-4-17(16)33-8-6-18(23)34(22,31)32)29-20-19-13(5-7-27-20)9-14(24)11-28-19/h3-5,7,9-11,18H,6,8,12H2,1-2H3,(H2,26,30)(H,27,29)/t18-,23-/m1/s1. The topological polar surface area (TPSA) is 120 Å². The van der Waals surface area contributed by atoms with Gasteiger partial charge in [0.25, 0.3) is 0 Å². The van der Waals surface area contributed by atoms with Gasteiger partial charge in [0.15, 0.2) is 15.7 Å². The summed E-state index contributed by atoms with van der Waals surface area (Å²) in [5.41, 5.74) is 5.87. The van der Waals surface area contributed by atoms with Gasteiger partial charge in [0.2, 0.25) is 0 Å². The lowest BCUT2D eigenvalue weighted by Gasteiger charge is -2.43. The lowest BCUT2D eigenvalue weighted by atomic mass is 9.85. The second kappa shape index (κ2) is 7.78. The SMILES string of the molecule is CC1(C)C(N)=N[C@]2(CF)c3cc(Nc4nccc5cc(Cl)cnc45)ccc3OCC[C@H]2S1(=O)=O. The number of nitrogens with one attached hydrogen (secondary N) is 1. The van der Waals surface area contributed by atoms with Gasteiger partial charge in [0.1, 0.15) is 34.1 Å². The average molecular weight is 504 g/mol. The predicted octanol–water partition coefficient (Wildman–Crippen LogP) is 3.91. The normalized spacial score (nSPS) is 24.8. The van der Waals surface area contributed by atoms with E-state index in [9.17, 15) is 12.8 Å². The Morgan fingerprint density at radius 1 is 1.26 bits per heavy atom. The van der Waals surface area contributed by atoms with Crippen LogP contribution in [-0.4, -0.2) is 47.5 Å². The first-order valence-corrected chi connectivity index (χ1v) is 12.6. The van der Waals surface area contributed by atoms with E-state index in [1.54, 1.807) is 36.5 Å². The third kappa shape index (κ3) is 3.23. The number of nitrogens with two attached hydrogens (primary N) is 1. The lowest BCUT2D eigenvalue weighted by molar-refractivity contribution is 0.279. The summed E-state index contributed by atoms with van der Waals surface area (Å²) < 4.78 is 46.4. The monoisotopic (exact) mass is 503 g/mol. The van der Waals surface area contributed by atoms with Crippen LogP contribution in [0.5, 0.6) is 5.75 Å². The van der Waals surface area contributed by atoms with Gasteiger partial charge in [0, 0.05) is 35.5 Å². The largest absolute Gasteiger partial charge is 0.493 e. The molecule has 0 saturated carbocycles. The smallest absolute Gasteiger partial charge is 0.168 e. The van der Waals surface area contributed by atoms with Crippen LogP contribution in [0, 0.1) is 0 Å². The summed E-state index contributed by atoms with van der Waals surface area (Å²) in [7, 11) is -3.88. The van der Waals surface area contributed by atoms with E-state index >= 15 is 0 Å². The number of aliphatic imine (C=N–C) groups is 1. The number of ether oxygens (including phenoxy) is 1. The second-order valence-corrected chi connectivity index (χ2v) is 12.1. The van der Waals surface area contributed by atoms with E-state index in [0.29, 0.717) is 33.4 Å². The Morgan fingerprint density at radius 2 is 2.06 bits per heavy atom. The molecule has 178 valence electrons. The zero-order valence-electron chi connectivity index (χ0n) is 18.5. The van der Waals surface area contributed by atoms with Crippen molar-refractivity contribution in [2.24, 2.45) is 10.7 Å². The number of hydrogen-bond donors (Lipinski definition) is 2. The Bertz CT molecular complexity index is 1450. The number of anilines is 2. The maximum Gasteiger partial charge on any atom is 0.168 e. The van der Waals surface area contributed by atoms with Crippen molar-refractivity contribution in [2.75, 3.05) is 18.6 Å². The molecule has 0 saturated heterocycles. The van der Waals surface area contributed by atoms with E-state index in [2.05, 4.69) is 20.3 Å². The first-order chi connectivity index (χ1) is 16.1. The van der Waals surface area contributed by atoms with Crippen LogP contribution in [0.1, 0.15) is 25.8 Å². The van der Waals surface area contributed by atoms with Crippen molar-refractivity contribution in [3.63, 3.8) is 0 Å². The minimum absolute atomic E-state index is 0.0967. The van der Waals surface area contributed by atoms with Crippen LogP contribution >= 0.6 is 11.6 Å². The van der Waals surface area contributed by atoms with Crippen molar-refractivity contribution in [1.82, 2.24) is 9.97 Å². The molecule has 0 radical (unpaired) electrons. The van der Waals surface area contributed by atoms with Gasteiger partial charge < -0.3 is 15.8 Å². The van der Waals surface area contributed by atoms with Crippen molar-refractivity contribution >= 4 is 49.7 Å². The average Bonchev–Trinajstić information content (AvgIpc) is 2.96. The molecule has 0 bridgehead atoms. The number of hydrogen-bond acceptors (Lipinski definition) is 8. The van der Waals surface area contributed by atoms with Crippen LogP contribution in [0.25, 0.3) is 10.9 Å². The summed E-state index contributed by atoms with van der Waals surface area (Å²) in [5, 5.41) is 3.37. The lowest BCUT2D eigenvalue weighted by Crippen LogP contribution is -2.61. The molecule has 2 aliphatic rings. The molecule has 5 rings (SSSR count). The number of benzene rings is 1. The number of rotatable bonds is 3. The maximum absolute atomic E-state index is 14.9. The minimum Gasteiger partial charge on any atom is -0.493 e. The number of alkyl halides is 1. The zero-order chi connectivity index (χ0) is 24.3. The molecule has 34 heavy (non-hydrogen) atoms. The van der Waals surface area contributed by atoms with Gasteiger partial charge in [-0.05, 0) is 44.2 Å². The Morgan fingerprint density at radius 3 is 2.82 bits per heavy atom. The summed E-state index contributed by atoms with van der Waals surface area (Å²) in [4.78, 5) is 13.2. The fraction of sp³-hybridized carbons (Fsp3) is 0.348. The molecular weight excluding hydrogens is 481 g/mol. The minimum atomic E-state index is -3.88. The van der Waals surface area contributed by atoms with Crippen LogP contribution < -0.4 is 15.8 Å². The Labute approximate surface area is 201 Å². The van der Waals surface area contributed by atoms with Crippen LogP contribution in [0.15, 0.2) is 47.7 Å². The second-order valence-electron chi connectivity index (χ2n) is 8.96. The highest BCUT2D eigenvalue weighted by Crippen LogP contribution is 2.49. The number of pyridine rings is 2. The highest BCUT2D eigenvalue weighted by Gasteiger charge is 2.59. The van der Waals surface area contributed by atoms with Crippen molar-refractivity contribution in [2.45, 2.75) is 35.8 Å². The molecule has 4 heterocycles. The van der Waals surface area contributed by atoms with Gasteiger partial charge in [-0.2, -0.15) is 0 Å². The van der Waals surface area contributed by atoms with E-state index in [1.165, 1.54) is 20.0 Å². The Hall–Kier alpha value is -2.98. The molecule has 1 aromatic carbocycles. The third-order valence-electron chi connectivity index (χ3n) is 6.67. The van der Waals surface area contributed by atoms with Crippen LogP contribution in [0.4, 0.5) is 15.9 Å². The summed E-state index contributed by atoms with van der Waals surface area (Å²) in [6, 6.07) is 8.63. The molecule has 2 atom stereocenters. The van der Waals surface area contributed by atoms with Gasteiger partial charge in [-0.1, -0.05) is 11.6 Å². The molecule has 2 aliphatic heterocycles. The molecule has 8 nitrogen and oxygen atoms in total. The number of halogens is 2. The van der Waals surface area contributed by atoms with E-state index in [0.717, 1.165) is 5.39 Å². The van der Waals surface area contributed by atoms with Crippen LogP contribution in [0.2, 0.25) is 5.02 Å². The van der Waals surface area contributed by atoms with Crippen LogP contribution in [0.3, 0.4) is 0 Å². The molecule has 0 aliphatic carbocycles. The van der Waals surface area contributed by atoms with Gasteiger partial charge in [-0.15, -0.1) is 0 Å². The molecule has 0 fully saturated rings. The molecule has 2 aromatic heterocycles. The number of aromatic nitrogens is 2. The maximum atomic E-state index is 14.9. The predicted molar refractivity (Wildman–Crippen MR) is 130 cm³/mol. The summed E-state index contributed by atoms with van der Waals surface area (Å²) in [6.07, 6.45) is 3.24. The van der Waals surface area contributed by atoms with E-state index < -0.39 is 32.0 Å². The zero-order valence-corrected chi connectivity index (χ0v) is 20.1. The van der Waals surface area contributed by atoms with Gasteiger partial charge in [-0.25, -0.2) is 17.8 Å².